The first-order chi connectivity index (χ1) is 12.3. The van der Waals surface area contributed by atoms with Crippen molar-refractivity contribution in [1.82, 2.24) is 4.90 Å². The molecule has 2 aliphatic heterocycles. The van der Waals surface area contributed by atoms with Crippen molar-refractivity contribution < 1.29 is 14.3 Å². The van der Waals surface area contributed by atoms with Crippen LogP contribution in [0.25, 0.3) is 0 Å². The fraction of sp³-hybridized carbons (Fsp3) is 0.350. The highest BCUT2D eigenvalue weighted by Gasteiger charge is 2.40. The topological polar surface area (TPSA) is 38.8 Å². The van der Waals surface area contributed by atoms with Crippen LogP contribution in [0.3, 0.4) is 0 Å². The Balaban J connectivity index is 1.49. The molecular weight excluding hydrogens is 334 g/mol. The second-order valence-corrected chi connectivity index (χ2v) is 7.75. The van der Waals surface area contributed by atoms with Gasteiger partial charge in [0.25, 0.3) is 5.91 Å². The Morgan fingerprint density at radius 2 is 1.76 bits per heavy atom. The molecule has 25 heavy (non-hydrogen) atoms. The summed E-state index contributed by atoms with van der Waals surface area (Å²) in [7, 11) is 0. The number of para-hydroxylation sites is 2. The minimum absolute atomic E-state index is 0.0318. The lowest BCUT2D eigenvalue weighted by Crippen LogP contribution is -2.45. The van der Waals surface area contributed by atoms with Crippen molar-refractivity contribution in [3.8, 4) is 11.5 Å². The van der Waals surface area contributed by atoms with Crippen LogP contribution < -0.4 is 4.74 Å². The van der Waals surface area contributed by atoms with Crippen LogP contribution in [0.5, 0.6) is 11.5 Å². The number of amides is 1. The molecule has 0 aliphatic carbocycles. The minimum Gasteiger partial charge on any atom is -0.457 e. The van der Waals surface area contributed by atoms with E-state index in [9.17, 15) is 4.79 Å². The van der Waals surface area contributed by atoms with Crippen LogP contribution in [0.15, 0.2) is 54.6 Å². The fourth-order valence-corrected chi connectivity index (χ4v) is 4.53. The molecule has 1 spiro atoms. The van der Waals surface area contributed by atoms with Gasteiger partial charge < -0.3 is 14.4 Å². The zero-order valence-electron chi connectivity index (χ0n) is 14.0. The molecule has 2 heterocycles. The molecule has 4 rings (SSSR count). The minimum atomic E-state index is -0.0587. The van der Waals surface area contributed by atoms with E-state index in [4.69, 9.17) is 9.47 Å². The predicted molar refractivity (Wildman–Crippen MR) is 99.2 cm³/mol. The average Bonchev–Trinajstić information content (AvgIpc) is 3.11. The van der Waals surface area contributed by atoms with E-state index in [1.807, 2.05) is 71.3 Å². The van der Waals surface area contributed by atoms with Crippen LogP contribution in [-0.4, -0.2) is 41.2 Å². The van der Waals surface area contributed by atoms with Crippen LogP contribution in [0, 0.1) is 0 Å². The number of thioether (sulfide) groups is 1. The number of carbonyl (C=O) groups excluding carboxylic acids is 1. The molecule has 2 aromatic carbocycles. The third kappa shape index (κ3) is 3.53. The molecular formula is C20H21NO3S. The van der Waals surface area contributed by atoms with Gasteiger partial charge in [-0.1, -0.05) is 30.3 Å². The van der Waals surface area contributed by atoms with Gasteiger partial charge in [0, 0.05) is 31.7 Å². The Kier molecular flexibility index (Phi) is 4.68. The highest BCUT2D eigenvalue weighted by molar-refractivity contribution is 8.00. The Hall–Kier alpha value is -1.98. The molecule has 1 amide bonds. The predicted octanol–water partition coefficient (Wildman–Crippen LogP) is 4.17. The smallest absolute Gasteiger partial charge is 0.257 e. The second kappa shape index (κ2) is 7.10. The number of hydrogen-bond donors (Lipinski definition) is 0. The maximum absolute atomic E-state index is 13.0. The van der Waals surface area contributed by atoms with Crippen LogP contribution in [0.4, 0.5) is 0 Å². The molecule has 2 aliphatic rings. The summed E-state index contributed by atoms with van der Waals surface area (Å²) in [6.45, 7) is 2.28. The number of ether oxygens (including phenoxy) is 2. The van der Waals surface area contributed by atoms with Gasteiger partial charge in [-0.2, -0.15) is 0 Å². The van der Waals surface area contributed by atoms with E-state index in [0.29, 0.717) is 11.3 Å². The largest absolute Gasteiger partial charge is 0.457 e. The highest BCUT2D eigenvalue weighted by atomic mass is 32.2. The van der Waals surface area contributed by atoms with E-state index in [-0.39, 0.29) is 10.8 Å². The fourth-order valence-electron chi connectivity index (χ4n) is 3.35. The van der Waals surface area contributed by atoms with Crippen molar-refractivity contribution in [2.75, 3.05) is 25.4 Å². The molecule has 0 N–H and O–H groups in total. The molecule has 130 valence electrons. The Morgan fingerprint density at radius 3 is 2.48 bits per heavy atom. The first kappa shape index (κ1) is 16.5. The standard InChI is InChI=1S/C20H21NO3S/c22-19(21-12-10-20(11-13-21)23-14-15-25-20)17-8-4-5-9-18(17)24-16-6-2-1-3-7-16/h1-9H,10-15H2. The summed E-state index contributed by atoms with van der Waals surface area (Å²) < 4.78 is 11.9. The van der Waals surface area contributed by atoms with Gasteiger partial charge >= 0.3 is 0 Å². The molecule has 0 bridgehead atoms. The SMILES string of the molecule is O=C(c1ccccc1Oc1ccccc1)N1CCC2(CC1)OCCS2. The number of carbonyl (C=O) groups is 1. The summed E-state index contributed by atoms with van der Waals surface area (Å²) in [6.07, 6.45) is 1.79. The quantitative estimate of drug-likeness (QED) is 0.828. The van der Waals surface area contributed by atoms with Crippen LogP contribution >= 0.6 is 11.8 Å². The number of nitrogens with zero attached hydrogens (tertiary/aromatic N) is 1. The van der Waals surface area contributed by atoms with E-state index in [1.54, 1.807) is 0 Å². The lowest BCUT2D eigenvalue weighted by molar-refractivity contribution is 0.00348. The third-order valence-corrected chi connectivity index (χ3v) is 6.14. The molecule has 4 nitrogen and oxygen atoms in total. The maximum Gasteiger partial charge on any atom is 0.257 e. The van der Waals surface area contributed by atoms with Crippen molar-refractivity contribution in [1.29, 1.82) is 0 Å². The molecule has 0 unspecified atom stereocenters. The zero-order valence-corrected chi connectivity index (χ0v) is 14.8. The van der Waals surface area contributed by atoms with Crippen molar-refractivity contribution in [2.45, 2.75) is 17.8 Å². The number of likely N-dealkylation sites (tertiary alicyclic amines) is 1. The Morgan fingerprint density at radius 1 is 1.04 bits per heavy atom. The van der Waals surface area contributed by atoms with Gasteiger partial charge in [0.15, 0.2) is 0 Å². The van der Waals surface area contributed by atoms with Crippen LogP contribution in [0.1, 0.15) is 23.2 Å². The summed E-state index contributed by atoms with van der Waals surface area (Å²) in [6, 6.07) is 17.0. The normalized spacial score (nSPS) is 19.1. The summed E-state index contributed by atoms with van der Waals surface area (Å²) in [4.78, 5) is 14.9. The monoisotopic (exact) mass is 355 g/mol. The molecule has 5 heteroatoms. The number of piperidine rings is 1. The van der Waals surface area contributed by atoms with Gasteiger partial charge in [0.05, 0.1) is 12.2 Å². The van der Waals surface area contributed by atoms with Crippen molar-refractivity contribution >= 4 is 17.7 Å². The van der Waals surface area contributed by atoms with E-state index in [2.05, 4.69) is 0 Å². The summed E-state index contributed by atoms with van der Waals surface area (Å²) in [5.74, 6) is 2.42. The van der Waals surface area contributed by atoms with E-state index < -0.39 is 0 Å². The van der Waals surface area contributed by atoms with Crippen molar-refractivity contribution in [3.63, 3.8) is 0 Å². The molecule has 2 saturated heterocycles. The molecule has 2 aromatic rings. The summed E-state index contributed by atoms with van der Waals surface area (Å²) in [5.41, 5.74) is 0.613. The number of hydrogen-bond acceptors (Lipinski definition) is 4. The lowest BCUT2D eigenvalue weighted by atomic mass is 10.1. The van der Waals surface area contributed by atoms with Gasteiger partial charge in [-0.05, 0) is 24.3 Å². The third-order valence-electron chi connectivity index (χ3n) is 4.71. The summed E-state index contributed by atoms with van der Waals surface area (Å²) in [5, 5.41) is 0. The molecule has 0 aromatic heterocycles. The number of benzene rings is 2. The highest BCUT2D eigenvalue weighted by Crippen LogP contribution is 2.41. The molecule has 2 fully saturated rings. The molecule has 0 saturated carbocycles. The van der Waals surface area contributed by atoms with Gasteiger partial charge in [-0.15, -0.1) is 11.8 Å². The van der Waals surface area contributed by atoms with E-state index in [1.165, 1.54) is 0 Å². The Bertz CT molecular complexity index is 734. The zero-order chi connectivity index (χ0) is 17.1. The van der Waals surface area contributed by atoms with Crippen molar-refractivity contribution in [3.05, 3.63) is 60.2 Å². The van der Waals surface area contributed by atoms with Crippen LogP contribution in [-0.2, 0) is 4.74 Å². The first-order valence-electron chi connectivity index (χ1n) is 8.65. The number of rotatable bonds is 3. The molecule has 0 radical (unpaired) electrons. The van der Waals surface area contributed by atoms with Gasteiger partial charge in [0.2, 0.25) is 0 Å². The average molecular weight is 355 g/mol. The van der Waals surface area contributed by atoms with E-state index >= 15 is 0 Å². The second-order valence-electron chi connectivity index (χ2n) is 6.31. The Labute approximate surface area is 152 Å². The van der Waals surface area contributed by atoms with Crippen LogP contribution in [0.2, 0.25) is 0 Å². The summed E-state index contributed by atoms with van der Waals surface area (Å²) >= 11 is 1.90. The maximum atomic E-state index is 13.0. The van der Waals surface area contributed by atoms with Gasteiger partial charge in [-0.3, -0.25) is 4.79 Å². The lowest BCUT2D eigenvalue weighted by Gasteiger charge is -2.38. The van der Waals surface area contributed by atoms with Crippen molar-refractivity contribution in [2.24, 2.45) is 0 Å². The molecule has 0 atom stereocenters. The van der Waals surface area contributed by atoms with E-state index in [0.717, 1.165) is 44.0 Å². The van der Waals surface area contributed by atoms with Gasteiger partial charge in [-0.25, -0.2) is 0 Å². The van der Waals surface area contributed by atoms with Gasteiger partial charge in [0.1, 0.15) is 16.4 Å². The first-order valence-corrected chi connectivity index (χ1v) is 9.63.